The lowest BCUT2D eigenvalue weighted by Crippen LogP contribution is -1.98. The van der Waals surface area contributed by atoms with Crippen LogP contribution in [0.2, 0.25) is 0 Å². The van der Waals surface area contributed by atoms with Gasteiger partial charge in [-0.05, 0) is 78.4 Å². The quantitative estimate of drug-likeness (QED) is 0.178. The topological polar surface area (TPSA) is 61.9 Å². The Kier molecular flexibility index (Phi) is 6.53. The van der Waals surface area contributed by atoms with Gasteiger partial charge in [0.05, 0.1) is 27.8 Å². The molecule has 12 aromatic rings. The summed E-state index contributed by atoms with van der Waals surface area (Å²) in [6.45, 7) is 0. The SMILES string of the molecule is c1ccc(-c2nnc(-c3ccc(-n4c5ccccc5c5ccc(-c6cc7c(cc6-n6c8ccccc8c8ccccc86)oc6ccccc67)cc54)cc3)o2)cc1. The summed E-state index contributed by atoms with van der Waals surface area (Å²) in [5.74, 6) is 0.987. The Morgan fingerprint density at radius 1 is 0.339 bits per heavy atom. The molecule has 56 heavy (non-hydrogen) atoms. The van der Waals surface area contributed by atoms with Crippen LogP contribution >= 0.6 is 0 Å². The zero-order chi connectivity index (χ0) is 36.7. The van der Waals surface area contributed by atoms with Crippen LogP contribution in [-0.2, 0) is 0 Å². The summed E-state index contributed by atoms with van der Waals surface area (Å²) >= 11 is 0. The van der Waals surface area contributed by atoms with Crippen LogP contribution < -0.4 is 0 Å². The maximum atomic E-state index is 6.53. The van der Waals surface area contributed by atoms with Crippen molar-refractivity contribution in [3.8, 4) is 45.4 Å². The van der Waals surface area contributed by atoms with Crippen LogP contribution in [0.4, 0.5) is 0 Å². The summed E-state index contributed by atoms with van der Waals surface area (Å²) in [4.78, 5) is 0. The van der Waals surface area contributed by atoms with Gasteiger partial charge in [-0.1, -0.05) is 103 Å². The number of hydrogen-bond acceptors (Lipinski definition) is 4. The van der Waals surface area contributed by atoms with Crippen molar-refractivity contribution in [3.05, 3.63) is 182 Å². The van der Waals surface area contributed by atoms with Crippen LogP contribution in [-0.4, -0.2) is 19.3 Å². The lowest BCUT2D eigenvalue weighted by atomic mass is 9.98. The lowest BCUT2D eigenvalue weighted by molar-refractivity contribution is 0.584. The van der Waals surface area contributed by atoms with Gasteiger partial charge in [0.2, 0.25) is 11.8 Å². The van der Waals surface area contributed by atoms with Crippen molar-refractivity contribution < 1.29 is 8.83 Å². The Balaban J connectivity index is 1.08. The van der Waals surface area contributed by atoms with E-state index in [4.69, 9.17) is 8.83 Å². The molecule has 0 spiro atoms. The highest BCUT2D eigenvalue weighted by Crippen LogP contribution is 2.42. The van der Waals surface area contributed by atoms with Crippen molar-refractivity contribution in [1.29, 1.82) is 0 Å². The first-order valence-electron chi connectivity index (χ1n) is 18.7. The minimum absolute atomic E-state index is 0.486. The van der Waals surface area contributed by atoms with E-state index in [0.717, 1.165) is 77.6 Å². The standard InChI is InChI=1S/C50H30N4O2/c1-2-12-31(13-3-1)49-51-52-50(56-49)32-22-25-34(26-23-32)53-42-18-8-4-16-37(42)38-27-24-33(28-45(38)53)40-29-41-39-17-7-11-21-47(39)55-48(41)30-46(40)54-43-19-9-5-14-35(43)36-15-6-10-20-44(36)54/h1-30H. The van der Waals surface area contributed by atoms with Crippen molar-refractivity contribution >= 4 is 65.6 Å². The van der Waals surface area contributed by atoms with Gasteiger partial charge in [-0.25, -0.2) is 0 Å². The monoisotopic (exact) mass is 718 g/mol. The number of fused-ring (bicyclic) bond motifs is 9. The van der Waals surface area contributed by atoms with E-state index in [9.17, 15) is 0 Å². The van der Waals surface area contributed by atoms with Gasteiger partial charge < -0.3 is 18.0 Å². The summed E-state index contributed by atoms with van der Waals surface area (Å²) in [7, 11) is 0. The van der Waals surface area contributed by atoms with Crippen molar-refractivity contribution in [2.45, 2.75) is 0 Å². The van der Waals surface area contributed by atoms with Gasteiger partial charge in [0.25, 0.3) is 0 Å². The van der Waals surface area contributed by atoms with E-state index >= 15 is 0 Å². The van der Waals surface area contributed by atoms with Crippen LogP contribution in [0.25, 0.3) is 111 Å². The largest absolute Gasteiger partial charge is 0.456 e. The molecule has 0 aliphatic carbocycles. The fourth-order valence-corrected chi connectivity index (χ4v) is 8.57. The van der Waals surface area contributed by atoms with Crippen LogP contribution in [0.3, 0.4) is 0 Å². The molecule has 12 rings (SSSR count). The van der Waals surface area contributed by atoms with Gasteiger partial charge in [-0.2, -0.15) is 0 Å². The molecular formula is C50H30N4O2. The van der Waals surface area contributed by atoms with E-state index in [2.05, 4.69) is 159 Å². The summed E-state index contributed by atoms with van der Waals surface area (Å²) in [5.41, 5.74) is 12.4. The second kappa shape index (κ2) is 11.9. The molecule has 0 saturated heterocycles. The van der Waals surface area contributed by atoms with Gasteiger partial charge in [-0.15, -0.1) is 10.2 Å². The third kappa shape index (κ3) is 4.56. The van der Waals surface area contributed by atoms with E-state index in [1.54, 1.807) is 0 Å². The third-order valence-electron chi connectivity index (χ3n) is 11.1. The van der Waals surface area contributed by atoms with Crippen molar-refractivity contribution in [1.82, 2.24) is 19.3 Å². The fourth-order valence-electron chi connectivity index (χ4n) is 8.57. The number of rotatable bonds is 5. The highest BCUT2D eigenvalue weighted by atomic mass is 16.4. The predicted molar refractivity (Wildman–Crippen MR) is 227 cm³/mol. The molecule has 0 bridgehead atoms. The van der Waals surface area contributed by atoms with Crippen molar-refractivity contribution in [2.24, 2.45) is 0 Å². The average molecular weight is 719 g/mol. The number of nitrogens with zero attached hydrogens (tertiary/aromatic N) is 4. The molecule has 0 radical (unpaired) electrons. The molecule has 4 heterocycles. The molecule has 0 amide bonds. The smallest absolute Gasteiger partial charge is 0.248 e. The Morgan fingerprint density at radius 2 is 0.875 bits per heavy atom. The van der Waals surface area contributed by atoms with Gasteiger partial charge in [0, 0.05) is 60.8 Å². The Hall–Kier alpha value is -7.70. The lowest BCUT2D eigenvalue weighted by Gasteiger charge is -2.15. The zero-order valence-corrected chi connectivity index (χ0v) is 29.9. The molecule has 0 unspecified atom stereocenters. The van der Waals surface area contributed by atoms with E-state index < -0.39 is 0 Å². The molecular weight excluding hydrogens is 689 g/mol. The normalized spacial score (nSPS) is 11.9. The molecule has 6 nitrogen and oxygen atoms in total. The molecule has 0 fully saturated rings. The first-order chi connectivity index (χ1) is 27.8. The summed E-state index contributed by atoms with van der Waals surface area (Å²) in [6, 6.07) is 63.9. The van der Waals surface area contributed by atoms with Gasteiger partial charge >= 0.3 is 0 Å². The highest BCUT2D eigenvalue weighted by Gasteiger charge is 2.21. The first-order valence-corrected chi connectivity index (χ1v) is 18.7. The minimum Gasteiger partial charge on any atom is -0.456 e. The highest BCUT2D eigenvalue weighted by molar-refractivity contribution is 6.14. The predicted octanol–water partition coefficient (Wildman–Crippen LogP) is 13.2. The molecule has 0 aliphatic rings. The second-order valence-corrected chi connectivity index (χ2v) is 14.2. The summed E-state index contributed by atoms with van der Waals surface area (Å²) in [5, 5.41) is 15.7. The van der Waals surface area contributed by atoms with Crippen molar-refractivity contribution in [2.75, 3.05) is 0 Å². The van der Waals surface area contributed by atoms with E-state index in [-0.39, 0.29) is 0 Å². The number of benzene rings is 8. The maximum absolute atomic E-state index is 6.53. The number of para-hydroxylation sites is 4. The molecule has 262 valence electrons. The maximum Gasteiger partial charge on any atom is 0.248 e. The third-order valence-corrected chi connectivity index (χ3v) is 11.1. The van der Waals surface area contributed by atoms with Gasteiger partial charge in [0.1, 0.15) is 11.2 Å². The van der Waals surface area contributed by atoms with E-state index in [0.29, 0.717) is 11.8 Å². The van der Waals surface area contributed by atoms with Crippen LogP contribution in [0, 0.1) is 0 Å². The van der Waals surface area contributed by atoms with E-state index in [1.807, 2.05) is 42.5 Å². The molecule has 8 aromatic carbocycles. The van der Waals surface area contributed by atoms with Crippen LogP contribution in [0.1, 0.15) is 0 Å². The fraction of sp³-hybridized carbons (Fsp3) is 0. The molecule has 0 atom stereocenters. The van der Waals surface area contributed by atoms with E-state index in [1.165, 1.54) is 21.5 Å². The molecule has 0 aliphatic heterocycles. The number of aromatic nitrogens is 4. The van der Waals surface area contributed by atoms with Crippen LogP contribution in [0.15, 0.2) is 191 Å². The van der Waals surface area contributed by atoms with Crippen LogP contribution in [0.5, 0.6) is 0 Å². The van der Waals surface area contributed by atoms with Crippen molar-refractivity contribution in [3.63, 3.8) is 0 Å². The molecule has 0 N–H and O–H groups in total. The Labute approximate surface area is 320 Å². The Bertz CT molecular complexity index is 3420. The van der Waals surface area contributed by atoms with Gasteiger partial charge in [0.15, 0.2) is 0 Å². The summed E-state index contributed by atoms with van der Waals surface area (Å²) < 4.78 is 17.4. The summed E-state index contributed by atoms with van der Waals surface area (Å²) in [6.07, 6.45) is 0. The van der Waals surface area contributed by atoms with Gasteiger partial charge in [-0.3, -0.25) is 0 Å². The minimum atomic E-state index is 0.486. The molecule has 0 saturated carbocycles. The second-order valence-electron chi connectivity index (χ2n) is 14.2. The average Bonchev–Trinajstić information content (AvgIpc) is 4.05. The molecule has 4 aromatic heterocycles. The molecule has 6 heteroatoms. The number of hydrogen-bond donors (Lipinski definition) is 0. The Morgan fingerprint density at radius 3 is 1.55 bits per heavy atom. The zero-order valence-electron chi connectivity index (χ0n) is 29.9. The number of furan rings is 1. The first kappa shape index (κ1) is 30.7.